The van der Waals surface area contributed by atoms with Gasteiger partial charge in [-0.2, -0.15) is 0 Å². The second-order valence-electron chi connectivity index (χ2n) is 5.15. The average Bonchev–Trinajstić information content (AvgIpc) is 2.61. The van der Waals surface area contributed by atoms with Crippen LogP contribution in [0, 0.1) is 5.82 Å². The van der Waals surface area contributed by atoms with Crippen molar-refractivity contribution in [2.45, 2.75) is 0 Å². The molecule has 3 rings (SSSR count). The Hall–Kier alpha value is -3.35. The summed E-state index contributed by atoms with van der Waals surface area (Å²) in [5.74, 6) is -0.437. The Labute approximate surface area is 141 Å². The number of carbonyl (C=O) groups is 1. The third-order valence-electron chi connectivity index (χ3n) is 3.59. The Bertz CT molecular complexity index is 1010. The summed E-state index contributed by atoms with van der Waals surface area (Å²) in [6.07, 6.45) is 0. The number of carbonyl (C=O) groups excluding carboxylic acids is 1. The van der Waals surface area contributed by atoms with Crippen LogP contribution in [0.2, 0.25) is 0 Å². The second kappa shape index (κ2) is 6.64. The minimum Gasteiger partial charge on any atom is -0.493 e. The van der Waals surface area contributed by atoms with E-state index < -0.39 is 17.3 Å². The number of benzene rings is 2. The van der Waals surface area contributed by atoms with Crippen molar-refractivity contribution >= 4 is 22.4 Å². The largest absolute Gasteiger partial charge is 0.493 e. The van der Waals surface area contributed by atoms with Gasteiger partial charge in [0.1, 0.15) is 5.82 Å². The first-order chi connectivity index (χ1) is 12.0. The maximum atomic E-state index is 13.3. The standard InChI is InChI=1S/C18H14FNO5/c1-23-14-6-4-12(9-15(14)24-2)20-17(21)16-8-10-7-11(19)3-5-13(10)18(22)25-16/h3-9H,1-2H3,(H,20,21). The first-order valence-corrected chi connectivity index (χ1v) is 7.28. The molecular formula is C18H14FNO5. The second-order valence-corrected chi connectivity index (χ2v) is 5.15. The van der Waals surface area contributed by atoms with E-state index in [1.54, 1.807) is 18.2 Å². The molecule has 128 valence electrons. The van der Waals surface area contributed by atoms with Crippen LogP contribution in [0.4, 0.5) is 10.1 Å². The van der Waals surface area contributed by atoms with Gasteiger partial charge in [0.2, 0.25) is 0 Å². The number of methoxy groups -OCH3 is 2. The number of amides is 1. The maximum absolute atomic E-state index is 13.3. The predicted octanol–water partition coefficient (Wildman–Crippen LogP) is 3.20. The quantitative estimate of drug-likeness (QED) is 0.787. The molecule has 1 amide bonds. The van der Waals surface area contributed by atoms with Gasteiger partial charge in [-0.3, -0.25) is 4.79 Å². The highest BCUT2D eigenvalue weighted by Crippen LogP contribution is 2.30. The monoisotopic (exact) mass is 343 g/mol. The summed E-state index contributed by atoms with van der Waals surface area (Å²) in [6.45, 7) is 0. The summed E-state index contributed by atoms with van der Waals surface area (Å²) >= 11 is 0. The van der Waals surface area contributed by atoms with Crippen molar-refractivity contribution < 1.29 is 23.1 Å². The summed E-state index contributed by atoms with van der Waals surface area (Å²) in [7, 11) is 2.97. The number of rotatable bonds is 4. The van der Waals surface area contributed by atoms with E-state index >= 15 is 0 Å². The molecule has 6 nitrogen and oxygen atoms in total. The number of halogens is 1. The molecule has 0 radical (unpaired) electrons. The van der Waals surface area contributed by atoms with Crippen molar-refractivity contribution in [3.63, 3.8) is 0 Å². The summed E-state index contributed by atoms with van der Waals surface area (Å²) < 4.78 is 28.6. The Morgan fingerprint density at radius 1 is 1.04 bits per heavy atom. The SMILES string of the molecule is COc1ccc(NC(=O)c2cc3cc(F)ccc3c(=O)o2)cc1OC. The van der Waals surface area contributed by atoms with Gasteiger partial charge in [0.25, 0.3) is 5.91 Å². The molecule has 0 spiro atoms. The molecule has 0 aliphatic heterocycles. The highest BCUT2D eigenvalue weighted by molar-refractivity contribution is 6.04. The first kappa shape index (κ1) is 16.5. The molecule has 1 aromatic heterocycles. The average molecular weight is 343 g/mol. The van der Waals surface area contributed by atoms with Crippen molar-refractivity contribution in [3.8, 4) is 11.5 Å². The lowest BCUT2D eigenvalue weighted by Gasteiger charge is -2.10. The van der Waals surface area contributed by atoms with Crippen molar-refractivity contribution in [1.82, 2.24) is 0 Å². The number of fused-ring (bicyclic) bond motifs is 1. The molecule has 2 aromatic carbocycles. The zero-order chi connectivity index (χ0) is 18.0. The first-order valence-electron chi connectivity index (χ1n) is 7.28. The van der Waals surface area contributed by atoms with Gasteiger partial charge in [-0.05, 0) is 41.8 Å². The zero-order valence-electron chi connectivity index (χ0n) is 13.5. The van der Waals surface area contributed by atoms with Crippen LogP contribution >= 0.6 is 0 Å². The fourth-order valence-electron chi connectivity index (χ4n) is 2.38. The van der Waals surface area contributed by atoms with Crippen molar-refractivity contribution in [2.75, 3.05) is 19.5 Å². The molecule has 0 aliphatic rings. The topological polar surface area (TPSA) is 77.8 Å². The summed E-state index contributed by atoms with van der Waals surface area (Å²) in [6, 6.07) is 9.75. The normalized spacial score (nSPS) is 10.5. The van der Waals surface area contributed by atoms with Crippen LogP contribution < -0.4 is 20.4 Å². The van der Waals surface area contributed by atoms with Gasteiger partial charge in [-0.1, -0.05) is 0 Å². The fraction of sp³-hybridized carbons (Fsp3) is 0.111. The predicted molar refractivity (Wildman–Crippen MR) is 89.9 cm³/mol. The Kier molecular flexibility index (Phi) is 4.38. The van der Waals surface area contributed by atoms with Gasteiger partial charge in [0, 0.05) is 11.8 Å². The molecule has 0 bridgehead atoms. The molecule has 1 N–H and O–H groups in total. The van der Waals surface area contributed by atoms with Crippen LogP contribution in [0.1, 0.15) is 10.6 Å². The highest BCUT2D eigenvalue weighted by atomic mass is 19.1. The summed E-state index contributed by atoms with van der Waals surface area (Å²) in [5, 5.41) is 3.07. The minimum atomic E-state index is -0.713. The third-order valence-corrected chi connectivity index (χ3v) is 3.59. The Morgan fingerprint density at radius 2 is 1.80 bits per heavy atom. The van der Waals surface area contributed by atoms with Gasteiger partial charge < -0.3 is 19.2 Å². The third kappa shape index (κ3) is 3.30. The fourth-order valence-corrected chi connectivity index (χ4v) is 2.38. The van der Waals surface area contributed by atoms with Gasteiger partial charge >= 0.3 is 5.63 Å². The molecule has 25 heavy (non-hydrogen) atoms. The minimum absolute atomic E-state index is 0.198. The van der Waals surface area contributed by atoms with Crippen LogP contribution in [0.25, 0.3) is 10.8 Å². The molecule has 1 heterocycles. The Morgan fingerprint density at radius 3 is 2.52 bits per heavy atom. The van der Waals surface area contributed by atoms with Crippen molar-refractivity contribution in [2.24, 2.45) is 0 Å². The van der Waals surface area contributed by atoms with Crippen molar-refractivity contribution in [1.29, 1.82) is 0 Å². The molecule has 3 aromatic rings. The van der Waals surface area contributed by atoms with Crippen LogP contribution in [-0.4, -0.2) is 20.1 Å². The van der Waals surface area contributed by atoms with E-state index in [4.69, 9.17) is 13.9 Å². The number of anilines is 1. The number of hydrogen-bond donors (Lipinski definition) is 1. The molecule has 0 unspecified atom stereocenters. The molecule has 0 saturated carbocycles. The van der Waals surface area contributed by atoms with Crippen LogP contribution in [0.5, 0.6) is 11.5 Å². The highest BCUT2D eigenvalue weighted by Gasteiger charge is 2.14. The van der Waals surface area contributed by atoms with Gasteiger partial charge in [0.05, 0.1) is 19.6 Å². The van der Waals surface area contributed by atoms with Crippen LogP contribution in [-0.2, 0) is 0 Å². The van der Waals surface area contributed by atoms with Crippen LogP contribution in [0.3, 0.4) is 0 Å². The number of ether oxygens (including phenoxy) is 2. The molecule has 0 fully saturated rings. The van der Waals surface area contributed by atoms with Crippen LogP contribution in [0.15, 0.2) is 51.7 Å². The van der Waals surface area contributed by atoms with Gasteiger partial charge in [-0.15, -0.1) is 0 Å². The van der Waals surface area contributed by atoms with E-state index in [0.29, 0.717) is 17.2 Å². The summed E-state index contributed by atoms with van der Waals surface area (Å²) in [5.41, 5.74) is -0.292. The lowest BCUT2D eigenvalue weighted by molar-refractivity contribution is 0.0993. The number of hydrogen-bond acceptors (Lipinski definition) is 5. The lowest BCUT2D eigenvalue weighted by Crippen LogP contribution is -2.15. The maximum Gasteiger partial charge on any atom is 0.344 e. The lowest BCUT2D eigenvalue weighted by atomic mass is 10.1. The molecule has 0 saturated heterocycles. The van der Waals surface area contributed by atoms with E-state index in [9.17, 15) is 14.0 Å². The van der Waals surface area contributed by atoms with Gasteiger partial charge in [-0.25, -0.2) is 9.18 Å². The molecule has 0 atom stereocenters. The van der Waals surface area contributed by atoms with Crippen molar-refractivity contribution in [3.05, 3.63) is 64.5 Å². The Balaban J connectivity index is 1.93. The van der Waals surface area contributed by atoms with E-state index in [-0.39, 0.29) is 16.5 Å². The smallest absolute Gasteiger partial charge is 0.344 e. The zero-order valence-corrected chi connectivity index (χ0v) is 13.5. The van der Waals surface area contributed by atoms with E-state index in [1.807, 2.05) is 0 Å². The number of nitrogens with one attached hydrogen (secondary N) is 1. The van der Waals surface area contributed by atoms with E-state index in [0.717, 1.165) is 6.07 Å². The van der Waals surface area contributed by atoms with E-state index in [2.05, 4.69) is 5.32 Å². The molecule has 0 aliphatic carbocycles. The summed E-state index contributed by atoms with van der Waals surface area (Å²) in [4.78, 5) is 24.3. The van der Waals surface area contributed by atoms with E-state index in [1.165, 1.54) is 32.4 Å². The van der Waals surface area contributed by atoms with Gasteiger partial charge in [0.15, 0.2) is 17.3 Å². The molecular weight excluding hydrogens is 329 g/mol. The molecule has 7 heteroatoms.